The summed E-state index contributed by atoms with van der Waals surface area (Å²) < 4.78 is 56.6. The molecule has 6 nitrogen and oxygen atoms in total. The third-order valence-electron chi connectivity index (χ3n) is 5.14. The largest absolute Gasteiger partial charge is 0.323 e. The number of carbonyl (C=O) groups excluding carboxylic acids is 1. The first kappa shape index (κ1) is 22.6. The first-order valence-corrected chi connectivity index (χ1v) is 11.8. The second-order valence-electron chi connectivity index (χ2n) is 7.59. The lowest BCUT2D eigenvalue weighted by Crippen LogP contribution is -2.35. The van der Waals surface area contributed by atoms with Crippen LogP contribution in [0, 0.1) is 11.6 Å². The minimum absolute atomic E-state index is 0.0542. The normalized spacial score (nSPS) is 14.4. The predicted molar refractivity (Wildman–Crippen MR) is 123 cm³/mol. The zero-order valence-electron chi connectivity index (χ0n) is 17.8. The van der Waals surface area contributed by atoms with Gasteiger partial charge in [-0.1, -0.05) is 25.1 Å². The third-order valence-corrected chi connectivity index (χ3v) is 6.47. The van der Waals surface area contributed by atoms with Crippen molar-refractivity contribution in [3.63, 3.8) is 0 Å². The minimum atomic E-state index is -4.00. The number of benzene rings is 3. The number of sulfonamides is 1. The Hall–Kier alpha value is -3.59. The Bertz CT molecular complexity index is 1340. The summed E-state index contributed by atoms with van der Waals surface area (Å²) in [4.78, 5) is 14.2. The van der Waals surface area contributed by atoms with Crippen LogP contribution in [0.15, 0.2) is 76.0 Å². The number of anilines is 2. The number of hydrogen-bond acceptors (Lipinski definition) is 4. The Morgan fingerprint density at radius 3 is 2.45 bits per heavy atom. The Morgan fingerprint density at radius 2 is 1.76 bits per heavy atom. The molecule has 0 saturated carbocycles. The fourth-order valence-corrected chi connectivity index (χ4v) is 4.87. The van der Waals surface area contributed by atoms with E-state index >= 15 is 0 Å². The zero-order chi connectivity index (χ0) is 23.6. The molecule has 1 amide bonds. The van der Waals surface area contributed by atoms with Crippen LogP contribution in [0.3, 0.4) is 0 Å². The maximum absolute atomic E-state index is 13.4. The van der Waals surface area contributed by atoms with Gasteiger partial charge in [0.2, 0.25) is 0 Å². The maximum atomic E-state index is 13.4. The van der Waals surface area contributed by atoms with Gasteiger partial charge in [-0.25, -0.2) is 8.78 Å². The zero-order valence-corrected chi connectivity index (χ0v) is 18.6. The number of nitrogens with zero attached hydrogens (tertiary/aromatic N) is 2. The minimum Gasteiger partial charge on any atom is -0.323 e. The van der Waals surface area contributed by atoms with E-state index in [1.165, 1.54) is 36.4 Å². The summed E-state index contributed by atoms with van der Waals surface area (Å²) in [5, 5.41) is 2.60. The molecule has 3 aromatic carbocycles. The topological polar surface area (TPSA) is 78.8 Å². The van der Waals surface area contributed by atoms with Crippen molar-refractivity contribution in [1.29, 1.82) is 0 Å². The molecule has 1 N–H and O–H groups in total. The number of nitrogens with one attached hydrogen (secondary N) is 1. The highest BCUT2D eigenvalue weighted by molar-refractivity contribution is 7.90. The van der Waals surface area contributed by atoms with Crippen molar-refractivity contribution in [3.05, 3.63) is 89.5 Å². The van der Waals surface area contributed by atoms with Gasteiger partial charge in [-0.3, -0.25) is 4.79 Å². The molecule has 0 fully saturated rings. The van der Waals surface area contributed by atoms with Gasteiger partial charge < -0.3 is 10.2 Å². The smallest absolute Gasteiger partial charge is 0.286 e. The van der Waals surface area contributed by atoms with Crippen molar-refractivity contribution in [2.45, 2.75) is 31.2 Å². The molecule has 0 saturated heterocycles. The summed E-state index contributed by atoms with van der Waals surface area (Å²) in [6.45, 7) is 2.22. The van der Waals surface area contributed by atoms with Gasteiger partial charge in [0, 0.05) is 24.2 Å². The second kappa shape index (κ2) is 9.11. The van der Waals surface area contributed by atoms with Crippen molar-refractivity contribution < 1.29 is 22.0 Å². The van der Waals surface area contributed by atoms with Crippen LogP contribution >= 0.6 is 0 Å². The van der Waals surface area contributed by atoms with E-state index in [9.17, 15) is 22.0 Å². The lowest BCUT2D eigenvalue weighted by atomic mass is 10.1. The Kier molecular flexibility index (Phi) is 6.24. The number of halogens is 2. The van der Waals surface area contributed by atoms with Gasteiger partial charge in [-0.15, -0.1) is 4.40 Å². The molecule has 0 atom stereocenters. The van der Waals surface area contributed by atoms with Gasteiger partial charge in [0.1, 0.15) is 22.4 Å². The molecule has 0 unspecified atom stereocenters. The molecule has 0 aromatic heterocycles. The molecule has 33 heavy (non-hydrogen) atoms. The van der Waals surface area contributed by atoms with Crippen LogP contribution in [-0.2, 0) is 16.6 Å². The van der Waals surface area contributed by atoms with Crippen molar-refractivity contribution in [2.75, 3.05) is 10.2 Å². The van der Waals surface area contributed by atoms with Gasteiger partial charge >= 0.3 is 0 Å². The van der Waals surface area contributed by atoms with Crippen molar-refractivity contribution in [2.24, 2.45) is 4.40 Å². The van der Waals surface area contributed by atoms with Crippen molar-refractivity contribution >= 4 is 33.1 Å². The fraction of sp³-hybridized carbons (Fsp3) is 0.167. The van der Waals surface area contributed by atoms with Gasteiger partial charge in [0.15, 0.2) is 0 Å². The molecule has 170 valence electrons. The van der Waals surface area contributed by atoms with Gasteiger partial charge in [-0.05, 0) is 60.5 Å². The average molecular weight is 470 g/mol. The standard InChI is InChI=1S/C24H21F2N3O3S/c1-2-4-23-28-33(31,32)22-14-20(27-24(30)17-5-3-6-19(26)13-17)11-12-21(22)29(23)15-16-7-9-18(25)10-8-16/h3,5-14H,2,4,15H2,1H3,(H,27,30). The maximum Gasteiger partial charge on any atom is 0.286 e. The molecule has 0 radical (unpaired) electrons. The molecular weight excluding hydrogens is 448 g/mol. The van der Waals surface area contributed by atoms with Gasteiger partial charge in [0.25, 0.3) is 15.9 Å². The van der Waals surface area contributed by atoms with Crippen LogP contribution in [0.1, 0.15) is 35.7 Å². The van der Waals surface area contributed by atoms with Crippen molar-refractivity contribution in [1.82, 2.24) is 0 Å². The highest BCUT2D eigenvalue weighted by atomic mass is 32.2. The molecule has 0 bridgehead atoms. The summed E-state index contributed by atoms with van der Waals surface area (Å²) in [5.41, 5.74) is 1.55. The van der Waals surface area contributed by atoms with Crippen LogP contribution in [0.5, 0.6) is 0 Å². The van der Waals surface area contributed by atoms with E-state index in [1.54, 1.807) is 29.2 Å². The highest BCUT2D eigenvalue weighted by Gasteiger charge is 2.31. The second-order valence-corrected chi connectivity index (χ2v) is 9.16. The summed E-state index contributed by atoms with van der Waals surface area (Å²) in [6.07, 6.45) is 1.13. The van der Waals surface area contributed by atoms with Crippen LogP contribution in [0.25, 0.3) is 0 Å². The average Bonchev–Trinajstić information content (AvgIpc) is 2.78. The van der Waals surface area contributed by atoms with Crippen LogP contribution in [-0.4, -0.2) is 20.2 Å². The fourth-order valence-electron chi connectivity index (χ4n) is 3.58. The summed E-state index contributed by atoms with van der Waals surface area (Å²) in [5.74, 6) is -1.08. The quantitative estimate of drug-likeness (QED) is 0.543. The van der Waals surface area contributed by atoms with Crippen molar-refractivity contribution in [3.8, 4) is 0 Å². The molecule has 0 aliphatic carbocycles. The van der Waals surface area contributed by atoms with E-state index in [-0.39, 0.29) is 22.0 Å². The molecule has 4 rings (SSSR count). The number of amides is 1. The predicted octanol–water partition coefficient (Wildman–Crippen LogP) is 5.12. The van der Waals surface area contributed by atoms with E-state index < -0.39 is 21.7 Å². The van der Waals surface area contributed by atoms with Crippen LogP contribution in [0.2, 0.25) is 0 Å². The Labute approximate surface area is 190 Å². The molecule has 0 spiro atoms. The summed E-state index contributed by atoms with van der Waals surface area (Å²) in [6, 6.07) is 15.7. The first-order valence-electron chi connectivity index (χ1n) is 10.3. The Balaban J connectivity index is 1.69. The van der Waals surface area contributed by atoms with Crippen LogP contribution in [0.4, 0.5) is 20.2 Å². The van der Waals surface area contributed by atoms with E-state index in [4.69, 9.17) is 0 Å². The number of carbonyl (C=O) groups is 1. The van der Waals surface area contributed by atoms with E-state index in [0.29, 0.717) is 30.9 Å². The van der Waals surface area contributed by atoms with E-state index in [0.717, 1.165) is 11.6 Å². The highest BCUT2D eigenvalue weighted by Crippen LogP contribution is 2.35. The van der Waals surface area contributed by atoms with Crippen LogP contribution < -0.4 is 10.2 Å². The summed E-state index contributed by atoms with van der Waals surface area (Å²) in [7, 11) is -4.00. The first-order chi connectivity index (χ1) is 15.8. The van der Waals surface area contributed by atoms with Gasteiger partial charge in [0.05, 0.1) is 5.69 Å². The molecule has 3 aromatic rings. The lowest BCUT2D eigenvalue weighted by Gasteiger charge is -2.31. The molecule has 1 aliphatic rings. The lowest BCUT2D eigenvalue weighted by molar-refractivity contribution is 0.102. The van der Waals surface area contributed by atoms with E-state index in [2.05, 4.69) is 9.71 Å². The Morgan fingerprint density at radius 1 is 1.00 bits per heavy atom. The SMILES string of the molecule is CCCC1=NS(=O)(=O)c2cc(NC(=O)c3cccc(F)c3)ccc2N1Cc1ccc(F)cc1. The third kappa shape index (κ3) is 4.93. The summed E-state index contributed by atoms with van der Waals surface area (Å²) >= 11 is 0. The monoisotopic (exact) mass is 469 g/mol. The molecule has 9 heteroatoms. The molecule has 1 heterocycles. The molecular formula is C24H21F2N3O3S. The number of amidine groups is 1. The number of rotatable bonds is 6. The number of fused-ring (bicyclic) bond motifs is 1. The number of hydrogen-bond donors (Lipinski definition) is 1. The van der Waals surface area contributed by atoms with E-state index in [1.807, 2.05) is 6.92 Å². The molecule has 1 aliphatic heterocycles. The van der Waals surface area contributed by atoms with Gasteiger partial charge in [-0.2, -0.15) is 8.42 Å².